The van der Waals surface area contributed by atoms with Gasteiger partial charge in [-0.25, -0.2) is 17.4 Å². The van der Waals surface area contributed by atoms with E-state index < -0.39 is 15.9 Å². The fraction of sp³-hybridized carbons (Fsp3) is 0.176. The highest BCUT2D eigenvalue weighted by Crippen LogP contribution is 2.21. The van der Waals surface area contributed by atoms with Crippen molar-refractivity contribution in [2.75, 3.05) is 19.4 Å². The summed E-state index contributed by atoms with van der Waals surface area (Å²) in [7, 11) is 0.980. The van der Waals surface area contributed by atoms with Gasteiger partial charge in [0, 0.05) is 38.0 Å². The third-order valence-corrected chi connectivity index (χ3v) is 5.68. The standard InChI is InChI=1S/C17H18N6O3S/c1-22(2)27(25,26)15-9-5-7-13(11-15)17(24)18-14-8-4-6-12(10-14)16-19-20-21-23(16)3/h4-11H,1-3H3,(H,18,24). The Bertz CT molecular complexity index is 1090. The molecule has 0 saturated heterocycles. The second-order valence-corrected chi connectivity index (χ2v) is 8.13. The van der Waals surface area contributed by atoms with E-state index in [0.29, 0.717) is 11.5 Å². The Hall–Kier alpha value is -3.11. The van der Waals surface area contributed by atoms with Crippen molar-refractivity contribution in [3.8, 4) is 11.4 Å². The fourth-order valence-electron chi connectivity index (χ4n) is 2.42. The van der Waals surface area contributed by atoms with Gasteiger partial charge in [-0.05, 0) is 40.8 Å². The van der Waals surface area contributed by atoms with E-state index in [0.717, 1.165) is 9.87 Å². The first-order chi connectivity index (χ1) is 12.8. The number of benzene rings is 2. The quantitative estimate of drug-likeness (QED) is 0.709. The number of tetrazole rings is 1. The van der Waals surface area contributed by atoms with Crippen molar-refractivity contribution < 1.29 is 13.2 Å². The summed E-state index contributed by atoms with van der Waals surface area (Å²) in [6.07, 6.45) is 0. The van der Waals surface area contributed by atoms with Crippen LogP contribution >= 0.6 is 0 Å². The summed E-state index contributed by atoms with van der Waals surface area (Å²) in [5.74, 6) is 0.143. The van der Waals surface area contributed by atoms with Gasteiger partial charge in [0.05, 0.1) is 4.90 Å². The van der Waals surface area contributed by atoms with Crippen molar-refractivity contribution in [3.05, 3.63) is 54.1 Å². The van der Waals surface area contributed by atoms with Crippen molar-refractivity contribution >= 4 is 21.6 Å². The largest absolute Gasteiger partial charge is 0.322 e. The zero-order chi connectivity index (χ0) is 19.6. The van der Waals surface area contributed by atoms with Crippen molar-refractivity contribution in [1.29, 1.82) is 0 Å². The molecule has 0 spiro atoms. The molecule has 1 amide bonds. The van der Waals surface area contributed by atoms with Crippen LogP contribution in [0.15, 0.2) is 53.4 Å². The summed E-state index contributed by atoms with van der Waals surface area (Å²) in [5.41, 5.74) is 1.52. The number of aryl methyl sites for hydroxylation is 1. The maximum atomic E-state index is 12.6. The van der Waals surface area contributed by atoms with Gasteiger partial charge in [-0.1, -0.05) is 18.2 Å². The minimum Gasteiger partial charge on any atom is -0.322 e. The number of rotatable bonds is 5. The van der Waals surface area contributed by atoms with Crippen molar-refractivity contribution in [1.82, 2.24) is 24.5 Å². The molecule has 0 atom stereocenters. The van der Waals surface area contributed by atoms with Crippen molar-refractivity contribution in [2.24, 2.45) is 7.05 Å². The van der Waals surface area contributed by atoms with Gasteiger partial charge in [0.1, 0.15) is 0 Å². The first-order valence-corrected chi connectivity index (χ1v) is 9.40. The summed E-state index contributed by atoms with van der Waals surface area (Å²) in [5, 5.41) is 14.1. The molecule has 0 aliphatic carbocycles. The Morgan fingerprint density at radius 3 is 2.52 bits per heavy atom. The summed E-state index contributed by atoms with van der Waals surface area (Å²) >= 11 is 0. The molecular weight excluding hydrogens is 368 g/mol. The molecule has 1 heterocycles. The van der Waals surface area contributed by atoms with Crippen LogP contribution in [-0.2, 0) is 17.1 Å². The molecule has 0 aliphatic heterocycles. The van der Waals surface area contributed by atoms with Gasteiger partial charge < -0.3 is 5.32 Å². The van der Waals surface area contributed by atoms with Crippen LogP contribution < -0.4 is 5.32 Å². The molecule has 3 aromatic rings. The molecule has 3 rings (SSSR count). The summed E-state index contributed by atoms with van der Waals surface area (Å²) < 4.78 is 27.1. The molecule has 10 heteroatoms. The van der Waals surface area contributed by atoms with Gasteiger partial charge >= 0.3 is 0 Å². The van der Waals surface area contributed by atoms with E-state index in [2.05, 4.69) is 20.8 Å². The normalized spacial score (nSPS) is 11.6. The fourth-order valence-corrected chi connectivity index (χ4v) is 3.37. The molecule has 0 fully saturated rings. The maximum absolute atomic E-state index is 12.6. The molecule has 27 heavy (non-hydrogen) atoms. The number of nitrogens with one attached hydrogen (secondary N) is 1. The van der Waals surface area contributed by atoms with Crippen LogP contribution in [0.25, 0.3) is 11.4 Å². The van der Waals surface area contributed by atoms with Gasteiger partial charge in [0.15, 0.2) is 5.82 Å². The molecule has 0 radical (unpaired) electrons. The number of anilines is 1. The first-order valence-electron chi connectivity index (χ1n) is 7.96. The topological polar surface area (TPSA) is 110 Å². The third-order valence-electron chi connectivity index (χ3n) is 3.87. The smallest absolute Gasteiger partial charge is 0.255 e. The molecule has 2 aromatic carbocycles. The number of sulfonamides is 1. The summed E-state index contributed by atoms with van der Waals surface area (Å²) in [6, 6.07) is 13.0. The number of carbonyl (C=O) groups is 1. The van der Waals surface area contributed by atoms with Crippen LogP contribution in [0.5, 0.6) is 0 Å². The van der Waals surface area contributed by atoms with Crippen LogP contribution in [0.2, 0.25) is 0 Å². The highest BCUT2D eigenvalue weighted by molar-refractivity contribution is 7.89. The zero-order valence-corrected chi connectivity index (χ0v) is 15.8. The number of aromatic nitrogens is 4. The lowest BCUT2D eigenvalue weighted by Gasteiger charge is -2.12. The van der Waals surface area contributed by atoms with E-state index in [-0.39, 0.29) is 10.5 Å². The van der Waals surface area contributed by atoms with Gasteiger partial charge in [-0.3, -0.25) is 4.79 Å². The third kappa shape index (κ3) is 3.86. The van der Waals surface area contributed by atoms with Crippen molar-refractivity contribution in [3.63, 3.8) is 0 Å². The van der Waals surface area contributed by atoms with Crippen LogP contribution in [-0.4, -0.2) is 52.9 Å². The van der Waals surface area contributed by atoms with Gasteiger partial charge in [-0.2, -0.15) is 0 Å². The molecule has 140 valence electrons. The molecule has 0 saturated carbocycles. The Morgan fingerprint density at radius 2 is 1.85 bits per heavy atom. The van der Waals surface area contributed by atoms with E-state index in [1.807, 2.05) is 6.07 Å². The lowest BCUT2D eigenvalue weighted by Crippen LogP contribution is -2.22. The van der Waals surface area contributed by atoms with E-state index in [9.17, 15) is 13.2 Å². The second kappa shape index (κ2) is 7.25. The predicted molar refractivity (Wildman–Crippen MR) is 99.5 cm³/mol. The SMILES string of the molecule is CN(C)S(=O)(=O)c1cccc(C(=O)Nc2cccc(-c3nnnn3C)c2)c1. The van der Waals surface area contributed by atoms with E-state index in [1.54, 1.807) is 31.3 Å². The lowest BCUT2D eigenvalue weighted by atomic mass is 10.1. The average molecular weight is 386 g/mol. The summed E-state index contributed by atoms with van der Waals surface area (Å²) in [6.45, 7) is 0. The molecular formula is C17H18N6O3S. The van der Waals surface area contributed by atoms with Gasteiger partial charge in [0.25, 0.3) is 5.91 Å². The molecule has 0 bridgehead atoms. The molecule has 1 N–H and O–H groups in total. The number of nitrogens with zero attached hydrogens (tertiary/aromatic N) is 5. The predicted octanol–water partition coefficient (Wildman–Crippen LogP) is 1.38. The number of amides is 1. The lowest BCUT2D eigenvalue weighted by molar-refractivity contribution is 0.102. The van der Waals surface area contributed by atoms with E-state index in [1.165, 1.54) is 37.0 Å². The Kier molecular flexibility index (Phi) is 5.02. The van der Waals surface area contributed by atoms with Crippen LogP contribution in [0, 0.1) is 0 Å². The maximum Gasteiger partial charge on any atom is 0.255 e. The Morgan fingerprint density at radius 1 is 1.11 bits per heavy atom. The Balaban J connectivity index is 1.86. The minimum atomic E-state index is -3.62. The van der Waals surface area contributed by atoms with Gasteiger partial charge in [0.2, 0.25) is 10.0 Å². The van der Waals surface area contributed by atoms with Gasteiger partial charge in [-0.15, -0.1) is 5.10 Å². The molecule has 1 aromatic heterocycles. The molecule has 0 unspecified atom stereocenters. The summed E-state index contributed by atoms with van der Waals surface area (Å²) in [4.78, 5) is 12.6. The van der Waals surface area contributed by atoms with E-state index in [4.69, 9.17) is 0 Å². The minimum absolute atomic E-state index is 0.0547. The number of carbonyl (C=O) groups excluding carboxylic acids is 1. The monoisotopic (exact) mass is 386 g/mol. The highest BCUT2D eigenvalue weighted by Gasteiger charge is 2.19. The van der Waals surface area contributed by atoms with Crippen molar-refractivity contribution in [2.45, 2.75) is 4.90 Å². The van der Waals surface area contributed by atoms with Crippen LogP contribution in [0.1, 0.15) is 10.4 Å². The average Bonchev–Trinajstić information content (AvgIpc) is 3.08. The number of hydrogen-bond acceptors (Lipinski definition) is 6. The van der Waals surface area contributed by atoms with E-state index >= 15 is 0 Å². The zero-order valence-electron chi connectivity index (χ0n) is 15.0. The highest BCUT2D eigenvalue weighted by atomic mass is 32.2. The van der Waals surface area contributed by atoms with Crippen LogP contribution in [0.4, 0.5) is 5.69 Å². The number of hydrogen-bond donors (Lipinski definition) is 1. The first kappa shape index (κ1) is 18.7. The van der Waals surface area contributed by atoms with Crippen LogP contribution in [0.3, 0.4) is 0 Å². The molecule has 9 nitrogen and oxygen atoms in total. The Labute approximate surface area is 156 Å². The molecule has 0 aliphatic rings. The second-order valence-electron chi connectivity index (χ2n) is 5.98.